The van der Waals surface area contributed by atoms with Gasteiger partial charge in [0.15, 0.2) is 0 Å². The number of azide groups is 1. The number of rotatable bonds is 5. The Kier molecular flexibility index (Phi) is 8.28. The number of hydrogen-bond acceptors (Lipinski definition) is 4. The van der Waals surface area contributed by atoms with E-state index in [0.29, 0.717) is 6.42 Å². The fourth-order valence-electron chi connectivity index (χ4n) is 2.22. The third kappa shape index (κ3) is 4.63. The molecule has 7 nitrogen and oxygen atoms in total. The zero-order valence-electron chi connectivity index (χ0n) is 12.5. The normalized spacial score (nSPS) is 18.0. The predicted molar refractivity (Wildman–Crippen MR) is 75.0 cm³/mol. The quantitative estimate of drug-likeness (QED) is 0.301. The molecule has 0 bridgehead atoms. The Labute approximate surface area is 177 Å². The van der Waals surface area contributed by atoms with Gasteiger partial charge >= 0.3 is 64.3 Å². The van der Waals surface area contributed by atoms with Crippen molar-refractivity contribution in [3.05, 3.63) is 52.8 Å². The maximum absolute atomic E-state index is 12.3. The van der Waals surface area contributed by atoms with Gasteiger partial charge in [0.25, 0.3) is 0 Å². The Morgan fingerprint density at radius 3 is 2.82 bits per heavy atom. The molecule has 1 fully saturated rings. The molecule has 1 aromatic carbocycles. The number of carbonyl (C=O) groups excluding carboxylic acids is 2. The minimum absolute atomic E-state index is 0. The van der Waals surface area contributed by atoms with Crippen molar-refractivity contribution in [3.8, 4) is 0 Å². The Bertz CT molecular complexity index is 575. The van der Waals surface area contributed by atoms with Crippen molar-refractivity contribution in [1.82, 2.24) is 4.90 Å². The van der Waals surface area contributed by atoms with Crippen LogP contribution in [-0.4, -0.2) is 35.6 Å². The first-order valence-electron chi connectivity index (χ1n) is 6.54. The van der Waals surface area contributed by atoms with Crippen LogP contribution in [0, 0.1) is 6.42 Å². The van der Waals surface area contributed by atoms with E-state index in [1.165, 1.54) is 6.42 Å². The van der Waals surface area contributed by atoms with E-state index in [-0.39, 0.29) is 70.8 Å². The van der Waals surface area contributed by atoms with Crippen molar-refractivity contribution in [2.24, 2.45) is 5.11 Å². The molecule has 1 aliphatic rings. The van der Waals surface area contributed by atoms with Gasteiger partial charge in [-0.25, -0.2) is 9.69 Å². The van der Waals surface area contributed by atoms with Crippen molar-refractivity contribution in [1.29, 1.82) is 0 Å². The van der Waals surface area contributed by atoms with Crippen LogP contribution in [0.25, 0.3) is 10.4 Å². The molecule has 2 rings (SSSR count). The van der Waals surface area contributed by atoms with Gasteiger partial charge in [-0.15, -0.1) is 5.11 Å². The molecule has 1 saturated heterocycles. The Balaban J connectivity index is 0.00000242. The van der Waals surface area contributed by atoms with Gasteiger partial charge in [-0.2, -0.15) is 6.92 Å². The van der Waals surface area contributed by atoms with Crippen LogP contribution in [0.4, 0.5) is 4.79 Å². The summed E-state index contributed by atoms with van der Waals surface area (Å²) in [6, 6.07) is 8.13. The summed E-state index contributed by atoms with van der Waals surface area (Å²) in [5.41, 5.74) is 9.48. The van der Waals surface area contributed by atoms with Gasteiger partial charge in [0.05, 0.1) is 6.04 Å². The van der Waals surface area contributed by atoms with Crippen LogP contribution in [0.15, 0.2) is 35.4 Å². The average Bonchev–Trinajstić information content (AvgIpc) is 2.86. The van der Waals surface area contributed by atoms with Gasteiger partial charge in [-0.05, 0) is 28.5 Å². The first-order valence-corrected chi connectivity index (χ1v) is 6.54. The molecule has 110 valence electrons. The molecule has 0 spiro atoms. The van der Waals surface area contributed by atoms with Crippen LogP contribution in [0.1, 0.15) is 12.5 Å². The number of cyclic esters (lactones) is 1. The third-order valence-corrected chi connectivity index (χ3v) is 3.26. The van der Waals surface area contributed by atoms with Crippen LogP contribution in [0.2, 0.25) is 0 Å². The number of hydrogen-bond donors (Lipinski definition) is 0. The predicted octanol–water partition coefficient (Wildman–Crippen LogP) is -0.516. The molecule has 0 radical (unpaired) electrons. The van der Waals surface area contributed by atoms with Gasteiger partial charge in [-0.3, -0.25) is 4.79 Å². The number of nitrogens with zero attached hydrogens (tertiary/aromatic N) is 4. The van der Waals surface area contributed by atoms with Crippen molar-refractivity contribution < 1.29 is 72.5 Å². The molecular formula is C14H15N4O3Rb. The van der Waals surface area contributed by atoms with Gasteiger partial charge in [-0.1, -0.05) is 30.3 Å². The summed E-state index contributed by atoms with van der Waals surface area (Å²) in [5, 5.41) is 3.39. The molecular weight excluding hydrogens is 358 g/mol. The summed E-state index contributed by atoms with van der Waals surface area (Å²) in [7, 11) is 0. The molecule has 0 aromatic heterocycles. The van der Waals surface area contributed by atoms with Crippen molar-refractivity contribution in [2.45, 2.75) is 25.4 Å². The molecule has 22 heavy (non-hydrogen) atoms. The van der Waals surface area contributed by atoms with Crippen molar-refractivity contribution in [2.75, 3.05) is 6.61 Å². The second-order valence-corrected chi connectivity index (χ2v) is 4.61. The molecule has 2 amide bonds. The summed E-state index contributed by atoms with van der Waals surface area (Å²) < 4.78 is 4.96. The van der Waals surface area contributed by atoms with Crippen LogP contribution < -0.4 is 58.2 Å². The SMILES string of the molecule is C[CH-][C@H](N=[N+]=[N-])C(=O)N1C(=O)OC[C@@H]1Cc1ccccc1.[Rb+]. The van der Waals surface area contributed by atoms with Crippen LogP contribution in [0.5, 0.6) is 0 Å². The fraction of sp³-hybridized carbons (Fsp3) is 0.357. The van der Waals surface area contributed by atoms with Gasteiger partial charge < -0.3 is 11.2 Å². The smallest absolute Gasteiger partial charge is 0.447 e. The second-order valence-electron chi connectivity index (χ2n) is 4.61. The molecule has 1 aromatic rings. The number of amides is 2. The molecule has 1 heterocycles. The number of imide groups is 1. The summed E-state index contributed by atoms with van der Waals surface area (Å²) in [6.45, 7) is 1.75. The van der Waals surface area contributed by atoms with E-state index in [0.717, 1.165) is 10.5 Å². The third-order valence-electron chi connectivity index (χ3n) is 3.26. The van der Waals surface area contributed by atoms with Gasteiger partial charge in [0.2, 0.25) is 5.91 Å². The molecule has 1 aliphatic heterocycles. The largest absolute Gasteiger partial charge is 1.00 e. The van der Waals surface area contributed by atoms with Crippen LogP contribution in [0.3, 0.4) is 0 Å². The molecule has 8 heteroatoms. The summed E-state index contributed by atoms with van der Waals surface area (Å²) in [4.78, 5) is 27.8. The topological polar surface area (TPSA) is 95.4 Å². The Morgan fingerprint density at radius 1 is 1.55 bits per heavy atom. The maximum atomic E-state index is 12.3. The van der Waals surface area contributed by atoms with Crippen molar-refractivity contribution >= 4 is 12.0 Å². The molecule has 0 saturated carbocycles. The van der Waals surface area contributed by atoms with E-state index < -0.39 is 18.0 Å². The Hall–Kier alpha value is -0.725. The van der Waals surface area contributed by atoms with E-state index in [1.54, 1.807) is 6.92 Å². The summed E-state index contributed by atoms with van der Waals surface area (Å²) >= 11 is 0. The molecule has 2 atom stereocenters. The fourth-order valence-corrected chi connectivity index (χ4v) is 2.22. The first-order chi connectivity index (χ1) is 10.2. The first kappa shape index (κ1) is 19.3. The molecule has 0 N–H and O–H groups in total. The van der Waals surface area contributed by atoms with Crippen molar-refractivity contribution in [3.63, 3.8) is 0 Å². The second kappa shape index (κ2) is 9.42. The van der Waals surface area contributed by atoms with Gasteiger partial charge in [0, 0.05) is 0 Å². The van der Waals surface area contributed by atoms with E-state index in [1.807, 2.05) is 30.3 Å². The summed E-state index contributed by atoms with van der Waals surface area (Å²) in [6.07, 6.45) is 1.26. The standard InChI is InChI=1S/C14H15N4O3.Rb/c1-2-12(16-17-15)13(19)18-11(9-21-14(18)20)8-10-6-4-3-5-7-10;/h2-7,11-12H,8-9H2,1H3;/q-1;+1/t11-,12-;/m0./s1. The van der Waals surface area contributed by atoms with E-state index in [9.17, 15) is 9.59 Å². The monoisotopic (exact) mass is 372 g/mol. The van der Waals surface area contributed by atoms with E-state index in [2.05, 4.69) is 10.0 Å². The zero-order chi connectivity index (χ0) is 15.2. The maximum Gasteiger partial charge on any atom is 1.00 e. The Morgan fingerprint density at radius 2 is 2.23 bits per heavy atom. The van der Waals surface area contributed by atoms with E-state index >= 15 is 0 Å². The van der Waals surface area contributed by atoms with Crippen LogP contribution in [-0.2, 0) is 16.0 Å². The number of ether oxygens (including phenoxy) is 1. The minimum Gasteiger partial charge on any atom is -0.447 e. The number of benzene rings is 1. The van der Waals surface area contributed by atoms with Gasteiger partial charge in [0.1, 0.15) is 6.61 Å². The molecule has 0 aliphatic carbocycles. The zero-order valence-corrected chi connectivity index (χ0v) is 17.5. The minimum atomic E-state index is -1.00. The summed E-state index contributed by atoms with van der Waals surface area (Å²) in [5.74, 6) is -0.557. The van der Waals surface area contributed by atoms with Crippen LogP contribution >= 0.6 is 0 Å². The average molecular weight is 373 g/mol. The van der Waals surface area contributed by atoms with E-state index in [4.69, 9.17) is 10.3 Å². The number of carbonyl (C=O) groups is 2. The molecule has 0 unspecified atom stereocenters.